The van der Waals surface area contributed by atoms with Crippen LogP contribution in [0.5, 0.6) is 0 Å². The predicted octanol–water partition coefficient (Wildman–Crippen LogP) is -5.61. The summed E-state index contributed by atoms with van der Waals surface area (Å²) >= 11 is 0. The van der Waals surface area contributed by atoms with Gasteiger partial charge in [-0.25, -0.2) is 4.98 Å². The van der Waals surface area contributed by atoms with Gasteiger partial charge >= 0.3 is 5.97 Å². The number of aromatic amines is 1. The van der Waals surface area contributed by atoms with Gasteiger partial charge in [0.25, 0.3) is 0 Å². The first-order valence-electron chi connectivity index (χ1n) is 13.4. The summed E-state index contributed by atoms with van der Waals surface area (Å²) < 4.78 is 0. The molecule has 0 aromatic carbocycles. The van der Waals surface area contributed by atoms with Crippen molar-refractivity contribution in [2.24, 2.45) is 27.9 Å². The molecule has 15 N–H and O–H groups in total. The average Bonchev–Trinajstić information content (AvgIpc) is 3.45. The van der Waals surface area contributed by atoms with Crippen LogP contribution < -0.4 is 49.5 Å². The van der Waals surface area contributed by atoms with Crippen molar-refractivity contribution in [3.8, 4) is 0 Å². The van der Waals surface area contributed by atoms with E-state index in [4.69, 9.17) is 28.0 Å². The van der Waals surface area contributed by atoms with Gasteiger partial charge in [-0.05, 0) is 26.7 Å². The molecule has 0 saturated carbocycles. The van der Waals surface area contributed by atoms with Gasteiger partial charge in [0.1, 0.15) is 24.2 Å². The van der Waals surface area contributed by atoms with Gasteiger partial charge in [-0.15, -0.1) is 0 Å². The standard InChI is InChI=1S/C24H40N12O8/c1-11(19(39)36-16(6-13-8-29-10-32-13)22(42)34-12(2)23(43)44)33-21(41)15(4-3-5-30-24(27)28)35-18(38)9-31-20(40)14(25)7-17(26)37/h8,10-12,14-16H,3-7,9,25H2,1-2H3,(H2,26,37)(H,29,32)(H,31,40)(H,33,41)(H,34,42)(H,35,38)(H,36,39)(H,43,44)(H4,27,28,30)/t11-,12-,14-,15-,16-/m0/s1. The number of aliphatic imine (C=N–C) groups is 1. The summed E-state index contributed by atoms with van der Waals surface area (Å²) in [6.45, 7) is 2.12. The summed E-state index contributed by atoms with van der Waals surface area (Å²) in [6.07, 6.45) is 2.53. The number of primary amides is 1. The maximum Gasteiger partial charge on any atom is 0.325 e. The molecule has 0 unspecified atom stereocenters. The van der Waals surface area contributed by atoms with Gasteiger partial charge < -0.3 is 59.6 Å². The number of carbonyl (C=O) groups excluding carboxylic acids is 6. The summed E-state index contributed by atoms with van der Waals surface area (Å²) in [7, 11) is 0. The van der Waals surface area contributed by atoms with Crippen molar-refractivity contribution in [2.45, 2.75) is 69.7 Å². The van der Waals surface area contributed by atoms with Crippen LogP contribution in [0.1, 0.15) is 38.8 Å². The highest BCUT2D eigenvalue weighted by Crippen LogP contribution is 2.03. The Morgan fingerprint density at radius 2 is 1.55 bits per heavy atom. The molecule has 1 heterocycles. The number of aromatic nitrogens is 2. The van der Waals surface area contributed by atoms with Crippen LogP contribution in [-0.2, 0) is 40.0 Å². The van der Waals surface area contributed by atoms with E-state index in [2.05, 4.69) is 41.5 Å². The molecule has 0 aliphatic rings. The van der Waals surface area contributed by atoms with Crippen LogP contribution >= 0.6 is 0 Å². The van der Waals surface area contributed by atoms with Crippen LogP contribution in [0.15, 0.2) is 17.5 Å². The lowest BCUT2D eigenvalue weighted by Gasteiger charge is -2.24. The minimum Gasteiger partial charge on any atom is -0.480 e. The maximum atomic E-state index is 13.1. The Balaban J connectivity index is 2.91. The molecule has 0 fully saturated rings. The number of nitrogens with two attached hydrogens (primary N) is 4. The number of hydrogen-bond donors (Lipinski definition) is 11. The molecule has 5 atom stereocenters. The quantitative estimate of drug-likeness (QED) is 0.0390. The summed E-state index contributed by atoms with van der Waals surface area (Å²) in [4.78, 5) is 95.8. The van der Waals surface area contributed by atoms with Crippen molar-refractivity contribution in [3.63, 3.8) is 0 Å². The smallest absolute Gasteiger partial charge is 0.325 e. The molecule has 44 heavy (non-hydrogen) atoms. The number of rotatable bonds is 19. The summed E-state index contributed by atoms with van der Waals surface area (Å²) in [6, 6.07) is -6.18. The monoisotopic (exact) mass is 624 g/mol. The first kappa shape index (κ1) is 36.8. The highest BCUT2D eigenvalue weighted by Gasteiger charge is 2.29. The predicted molar refractivity (Wildman–Crippen MR) is 154 cm³/mol. The minimum absolute atomic E-state index is 0.0236. The number of nitrogens with zero attached hydrogens (tertiary/aromatic N) is 2. The molecule has 1 aromatic rings. The number of carboxylic acids is 1. The number of guanidine groups is 1. The number of nitrogens with one attached hydrogen (secondary N) is 6. The maximum absolute atomic E-state index is 13.1. The van der Waals surface area contributed by atoms with Crippen LogP contribution in [0.4, 0.5) is 0 Å². The lowest BCUT2D eigenvalue weighted by atomic mass is 10.1. The van der Waals surface area contributed by atoms with Gasteiger partial charge in [0.2, 0.25) is 35.4 Å². The zero-order chi connectivity index (χ0) is 33.4. The highest BCUT2D eigenvalue weighted by molar-refractivity contribution is 5.95. The van der Waals surface area contributed by atoms with E-state index < -0.39 is 84.6 Å². The minimum atomic E-state index is -1.29. The van der Waals surface area contributed by atoms with E-state index in [1.165, 1.54) is 26.4 Å². The average molecular weight is 625 g/mol. The number of carboxylic acid groups (broad SMARTS) is 1. The third-order valence-electron chi connectivity index (χ3n) is 5.87. The first-order valence-corrected chi connectivity index (χ1v) is 13.4. The van der Waals surface area contributed by atoms with Gasteiger partial charge in [0, 0.05) is 24.9 Å². The van der Waals surface area contributed by atoms with Crippen molar-refractivity contribution in [3.05, 3.63) is 18.2 Å². The largest absolute Gasteiger partial charge is 0.480 e. The molecule has 0 aliphatic carbocycles. The van der Waals surface area contributed by atoms with Gasteiger partial charge in [0.05, 0.1) is 25.3 Å². The first-order chi connectivity index (χ1) is 20.6. The number of aliphatic carboxylic acids is 1. The van der Waals surface area contributed by atoms with Crippen molar-refractivity contribution in [1.82, 2.24) is 36.6 Å². The molecule has 6 amide bonds. The Hall–Kier alpha value is -5.27. The highest BCUT2D eigenvalue weighted by atomic mass is 16.4. The van der Waals surface area contributed by atoms with Crippen molar-refractivity contribution in [1.29, 1.82) is 0 Å². The summed E-state index contributed by atoms with van der Waals surface area (Å²) in [5, 5.41) is 21.0. The van der Waals surface area contributed by atoms with Crippen LogP contribution in [0.3, 0.4) is 0 Å². The van der Waals surface area contributed by atoms with Crippen molar-refractivity contribution in [2.75, 3.05) is 13.1 Å². The zero-order valence-corrected chi connectivity index (χ0v) is 24.3. The normalized spacial score (nSPS) is 14.0. The molecule has 0 saturated heterocycles. The lowest BCUT2D eigenvalue weighted by molar-refractivity contribution is -0.141. The zero-order valence-electron chi connectivity index (χ0n) is 24.3. The molecule has 1 rings (SSSR count). The Morgan fingerprint density at radius 3 is 2.11 bits per heavy atom. The van der Waals surface area contributed by atoms with Crippen molar-refractivity contribution >= 4 is 47.4 Å². The second-order valence-electron chi connectivity index (χ2n) is 9.70. The topological polar surface area (TPSA) is 345 Å². The molecule has 0 bridgehead atoms. The fourth-order valence-corrected chi connectivity index (χ4v) is 3.50. The second-order valence-corrected chi connectivity index (χ2v) is 9.70. The third-order valence-corrected chi connectivity index (χ3v) is 5.87. The van der Waals surface area contributed by atoms with Gasteiger partial charge in [-0.3, -0.25) is 38.6 Å². The number of carbonyl (C=O) groups is 7. The van der Waals surface area contributed by atoms with Crippen LogP contribution in [-0.4, -0.2) is 106 Å². The fraction of sp³-hybridized carbons (Fsp3) is 0.542. The van der Waals surface area contributed by atoms with Gasteiger partial charge in [0.15, 0.2) is 5.96 Å². The summed E-state index contributed by atoms with van der Waals surface area (Å²) in [5.74, 6) is -6.23. The molecule has 20 heteroatoms. The Kier molecular flexibility index (Phi) is 15.3. The molecule has 0 radical (unpaired) electrons. The van der Waals surface area contributed by atoms with Gasteiger partial charge in [-0.1, -0.05) is 0 Å². The van der Waals surface area contributed by atoms with E-state index in [-0.39, 0.29) is 31.8 Å². The SMILES string of the molecule is C[C@H](NC(=O)[C@H](Cc1cnc[nH]1)NC(=O)[C@H](C)NC(=O)[C@H](CCCN=C(N)N)NC(=O)CNC(=O)[C@@H](N)CC(N)=O)C(=O)O. The molecule has 1 aromatic heterocycles. The van der Waals surface area contributed by atoms with Gasteiger partial charge in [-0.2, -0.15) is 0 Å². The second kappa shape index (κ2) is 18.3. The number of H-pyrrole nitrogens is 1. The molecule has 244 valence electrons. The van der Waals surface area contributed by atoms with E-state index >= 15 is 0 Å². The van der Waals surface area contributed by atoms with E-state index in [1.807, 2.05) is 0 Å². The van der Waals surface area contributed by atoms with E-state index in [9.17, 15) is 33.6 Å². The third kappa shape index (κ3) is 14.1. The molecule has 0 aliphatic heterocycles. The number of imidazole rings is 1. The Labute approximate surface area is 251 Å². The fourth-order valence-electron chi connectivity index (χ4n) is 3.50. The van der Waals surface area contributed by atoms with Crippen LogP contribution in [0, 0.1) is 0 Å². The number of hydrogen-bond acceptors (Lipinski definition) is 10. The molecular weight excluding hydrogens is 584 g/mol. The van der Waals surface area contributed by atoms with E-state index in [1.54, 1.807) is 0 Å². The van der Waals surface area contributed by atoms with E-state index in [0.29, 0.717) is 5.69 Å². The summed E-state index contributed by atoms with van der Waals surface area (Å²) in [5.41, 5.74) is 21.6. The molecule has 20 nitrogen and oxygen atoms in total. The Bertz CT molecular complexity index is 1200. The molecular formula is C24H40N12O8. The van der Waals surface area contributed by atoms with Crippen LogP contribution in [0.25, 0.3) is 0 Å². The van der Waals surface area contributed by atoms with Crippen molar-refractivity contribution < 1.29 is 38.7 Å². The number of amides is 6. The Morgan fingerprint density at radius 1 is 0.909 bits per heavy atom. The van der Waals surface area contributed by atoms with Crippen LogP contribution in [0.2, 0.25) is 0 Å². The molecule has 0 spiro atoms. The lowest BCUT2D eigenvalue weighted by Crippen LogP contribution is -2.57. The van der Waals surface area contributed by atoms with E-state index in [0.717, 1.165) is 0 Å².